The van der Waals surface area contributed by atoms with Crippen LogP contribution in [0.1, 0.15) is 61.3 Å². The Labute approximate surface area is 187 Å². The van der Waals surface area contributed by atoms with E-state index in [0.717, 1.165) is 5.46 Å². The maximum atomic E-state index is 13.1. The molecular weight excluding hydrogens is 413 g/mol. The van der Waals surface area contributed by atoms with E-state index in [1.165, 1.54) is 0 Å². The zero-order valence-electron chi connectivity index (χ0n) is 19.9. The summed E-state index contributed by atoms with van der Waals surface area (Å²) in [6.07, 6.45) is 1.38. The quantitative estimate of drug-likeness (QED) is 0.647. The lowest BCUT2D eigenvalue weighted by molar-refractivity contribution is -0.136. The largest absolute Gasteiger partial charge is 0.494 e. The number of nitrogens with zero attached hydrogens (tertiary/aromatic N) is 1. The predicted molar refractivity (Wildman–Crippen MR) is 123 cm³/mol. The van der Waals surface area contributed by atoms with Crippen LogP contribution >= 0.6 is 0 Å². The topological polar surface area (TPSA) is 72.9 Å². The summed E-state index contributed by atoms with van der Waals surface area (Å²) in [5.41, 5.74) is -0.410. The second-order valence-corrected chi connectivity index (χ2v) is 12.7. The van der Waals surface area contributed by atoms with Crippen molar-refractivity contribution in [1.82, 2.24) is 4.90 Å². The highest BCUT2D eigenvalue weighted by molar-refractivity contribution is 7.91. The molecule has 1 aromatic carbocycles. The van der Waals surface area contributed by atoms with Gasteiger partial charge in [0.15, 0.2) is 9.84 Å². The molecule has 1 amide bonds. The molecule has 2 saturated heterocycles. The molecule has 6 nitrogen and oxygen atoms in total. The molecule has 2 fully saturated rings. The standard InChI is InChI=1S/C23H36BNO5S/c1-17(2)20(26)25-14-12-23(7,13-15-25)16-31(27,28)19-10-8-18(9-11-19)24-29-21(3,4)22(5,6)30-24/h8-11,17H,12-16H2,1-7H3. The van der Waals surface area contributed by atoms with E-state index >= 15 is 0 Å². The Morgan fingerprint density at radius 2 is 1.48 bits per heavy atom. The van der Waals surface area contributed by atoms with Crippen molar-refractivity contribution in [3.05, 3.63) is 24.3 Å². The zero-order chi connectivity index (χ0) is 23.2. The lowest BCUT2D eigenvalue weighted by atomic mass is 9.79. The van der Waals surface area contributed by atoms with Gasteiger partial charge in [0.05, 0.1) is 21.9 Å². The first-order chi connectivity index (χ1) is 14.2. The highest BCUT2D eigenvalue weighted by Gasteiger charge is 2.51. The van der Waals surface area contributed by atoms with Crippen LogP contribution in [0.15, 0.2) is 29.2 Å². The summed E-state index contributed by atoms with van der Waals surface area (Å²) in [5, 5.41) is 0. The van der Waals surface area contributed by atoms with Gasteiger partial charge in [-0.05, 0) is 63.5 Å². The molecule has 0 bridgehead atoms. The molecule has 2 aliphatic rings. The number of benzene rings is 1. The fourth-order valence-corrected chi connectivity index (χ4v) is 6.05. The van der Waals surface area contributed by atoms with Gasteiger partial charge in [-0.15, -0.1) is 0 Å². The van der Waals surface area contributed by atoms with Gasteiger partial charge in [-0.3, -0.25) is 4.79 Å². The number of carbonyl (C=O) groups excluding carboxylic acids is 1. The zero-order valence-corrected chi connectivity index (χ0v) is 20.7. The molecule has 0 unspecified atom stereocenters. The highest BCUT2D eigenvalue weighted by Crippen LogP contribution is 2.37. The third-order valence-corrected chi connectivity index (χ3v) is 9.15. The molecule has 0 atom stereocenters. The highest BCUT2D eigenvalue weighted by atomic mass is 32.2. The van der Waals surface area contributed by atoms with E-state index in [4.69, 9.17) is 9.31 Å². The molecule has 0 saturated carbocycles. The minimum Gasteiger partial charge on any atom is -0.399 e. The van der Waals surface area contributed by atoms with E-state index < -0.39 is 28.2 Å². The van der Waals surface area contributed by atoms with Crippen molar-refractivity contribution in [3.8, 4) is 0 Å². The van der Waals surface area contributed by atoms with E-state index in [1.807, 2.05) is 53.4 Å². The van der Waals surface area contributed by atoms with Gasteiger partial charge in [0, 0.05) is 19.0 Å². The van der Waals surface area contributed by atoms with Crippen LogP contribution in [-0.4, -0.2) is 56.4 Å². The monoisotopic (exact) mass is 449 g/mol. The molecule has 31 heavy (non-hydrogen) atoms. The molecule has 1 aromatic rings. The molecule has 0 aromatic heterocycles. The van der Waals surface area contributed by atoms with Gasteiger partial charge in [0.25, 0.3) is 0 Å². The van der Waals surface area contributed by atoms with Crippen LogP contribution < -0.4 is 5.46 Å². The van der Waals surface area contributed by atoms with Gasteiger partial charge in [-0.1, -0.05) is 32.9 Å². The first-order valence-electron chi connectivity index (χ1n) is 11.1. The maximum absolute atomic E-state index is 13.1. The lowest BCUT2D eigenvalue weighted by Crippen LogP contribution is -2.45. The second-order valence-electron chi connectivity index (χ2n) is 10.7. The normalized spacial score (nSPS) is 22.7. The van der Waals surface area contributed by atoms with E-state index in [0.29, 0.717) is 30.8 Å². The van der Waals surface area contributed by atoms with Gasteiger partial charge in [0.2, 0.25) is 5.91 Å². The number of hydrogen-bond donors (Lipinski definition) is 0. The fourth-order valence-electron chi connectivity index (χ4n) is 4.13. The lowest BCUT2D eigenvalue weighted by Gasteiger charge is -2.39. The minimum atomic E-state index is -3.44. The first-order valence-corrected chi connectivity index (χ1v) is 12.8. The molecular formula is C23H36BNO5S. The van der Waals surface area contributed by atoms with Crippen LogP contribution in [0.2, 0.25) is 0 Å². The van der Waals surface area contributed by atoms with E-state index in [1.54, 1.807) is 24.3 Å². The maximum Gasteiger partial charge on any atom is 0.494 e. The average molecular weight is 449 g/mol. The third kappa shape index (κ3) is 5.01. The number of hydrogen-bond acceptors (Lipinski definition) is 5. The van der Waals surface area contributed by atoms with Gasteiger partial charge in [0.1, 0.15) is 0 Å². The summed E-state index contributed by atoms with van der Waals surface area (Å²) in [7, 11) is -3.96. The van der Waals surface area contributed by atoms with Gasteiger partial charge in [-0.2, -0.15) is 0 Å². The minimum absolute atomic E-state index is 0.0319. The summed E-state index contributed by atoms with van der Waals surface area (Å²) < 4.78 is 38.4. The summed E-state index contributed by atoms with van der Waals surface area (Å²) in [6.45, 7) is 15.0. The Morgan fingerprint density at radius 1 is 1.00 bits per heavy atom. The van der Waals surface area contributed by atoms with Crippen LogP contribution in [0, 0.1) is 11.3 Å². The molecule has 0 radical (unpaired) electrons. The first kappa shape index (κ1) is 24.3. The van der Waals surface area contributed by atoms with Crippen molar-refractivity contribution in [2.75, 3.05) is 18.8 Å². The van der Waals surface area contributed by atoms with Crippen molar-refractivity contribution in [2.45, 2.75) is 77.4 Å². The Morgan fingerprint density at radius 3 is 1.94 bits per heavy atom. The van der Waals surface area contributed by atoms with Crippen LogP contribution in [-0.2, 0) is 23.9 Å². The number of amides is 1. The molecule has 0 spiro atoms. The van der Waals surface area contributed by atoms with Crippen molar-refractivity contribution in [1.29, 1.82) is 0 Å². The second kappa shape index (κ2) is 8.20. The SMILES string of the molecule is CC(C)C(=O)N1CCC(C)(CS(=O)(=O)c2ccc(B3OC(C)(C)C(C)(C)O3)cc2)CC1. The molecule has 0 aliphatic carbocycles. The smallest absolute Gasteiger partial charge is 0.399 e. The molecule has 2 heterocycles. The van der Waals surface area contributed by atoms with Gasteiger partial charge >= 0.3 is 7.12 Å². The van der Waals surface area contributed by atoms with Crippen LogP contribution in [0.4, 0.5) is 0 Å². The fraction of sp³-hybridized carbons (Fsp3) is 0.696. The Balaban J connectivity index is 1.67. The summed E-state index contributed by atoms with van der Waals surface area (Å²) in [4.78, 5) is 14.4. The molecule has 172 valence electrons. The summed E-state index contributed by atoms with van der Waals surface area (Å²) >= 11 is 0. The number of sulfone groups is 1. The molecule has 0 N–H and O–H groups in total. The van der Waals surface area contributed by atoms with Gasteiger partial charge < -0.3 is 14.2 Å². The van der Waals surface area contributed by atoms with Crippen molar-refractivity contribution < 1.29 is 22.5 Å². The summed E-state index contributed by atoms with van der Waals surface area (Å²) in [6, 6.07) is 6.86. The molecule has 8 heteroatoms. The number of likely N-dealkylation sites (tertiary alicyclic amines) is 1. The third-order valence-electron chi connectivity index (χ3n) is 7.08. The average Bonchev–Trinajstić information content (AvgIpc) is 2.88. The Bertz CT molecular complexity index is 900. The van der Waals surface area contributed by atoms with E-state index in [9.17, 15) is 13.2 Å². The van der Waals surface area contributed by atoms with Crippen molar-refractivity contribution in [2.24, 2.45) is 11.3 Å². The van der Waals surface area contributed by atoms with Crippen molar-refractivity contribution in [3.63, 3.8) is 0 Å². The molecule has 2 aliphatic heterocycles. The van der Waals surface area contributed by atoms with E-state index in [2.05, 4.69) is 0 Å². The van der Waals surface area contributed by atoms with Crippen molar-refractivity contribution >= 4 is 28.3 Å². The van der Waals surface area contributed by atoms with E-state index in [-0.39, 0.29) is 23.0 Å². The van der Waals surface area contributed by atoms with Crippen LogP contribution in [0.5, 0.6) is 0 Å². The van der Waals surface area contributed by atoms with Crippen LogP contribution in [0.25, 0.3) is 0 Å². The predicted octanol–water partition coefficient (Wildman–Crippen LogP) is 3.04. The summed E-state index contributed by atoms with van der Waals surface area (Å²) in [5.74, 6) is 0.193. The Kier molecular flexibility index (Phi) is 6.42. The number of carbonyl (C=O) groups is 1. The number of piperidine rings is 1. The van der Waals surface area contributed by atoms with Gasteiger partial charge in [-0.25, -0.2) is 8.42 Å². The molecule has 3 rings (SSSR count). The van der Waals surface area contributed by atoms with Crippen LogP contribution in [0.3, 0.4) is 0 Å². The number of rotatable bonds is 5. The Hall–Kier alpha value is -1.38.